The molecule has 0 saturated carbocycles. The summed E-state index contributed by atoms with van der Waals surface area (Å²) in [5.41, 5.74) is -1.68. The molecule has 1 radical (unpaired) electrons. The Labute approximate surface area is 261 Å². The van der Waals surface area contributed by atoms with Gasteiger partial charge in [-0.15, -0.1) is 0 Å². The van der Waals surface area contributed by atoms with Crippen molar-refractivity contribution >= 4 is 17.9 Å². The topological polar surface area (TPSA) is 120 Å². The first kappa shape index (κ1) is 43.8. The predicted octanol–water partition coefficient (Wildman–Crippen LogP) is 5.20. The molecule has 0 bridgehead atoms. The zero-order valence-corrected chi connectivity index (χ0v) is 28.8. The Morgan fingerprint density at radius 3 is 0.676 bits per heavy atom. The molecule has 0 unspecified atom stereocenters. The molecule has 217 valence electrons. The van der Waals surface area contributed by atoms with Gasteiger partial charge in [0, 0.05) is 34.2 Å². The van der Waals surface area contributed by atoms with Crippen LogP contribution in [0.15, 0.2) is 0 Å². The van der Waals surface area contributed by atoms with Gasteiger partial charge in [-0.05, 0) is 57.8 Å². The minimum atomic E-state index is -0.874. The largest absolute Gasteiger partial charge is 3.00 e. The molecule has 0 heterocycles. The quantitative estimate of drug-likeness (QED) is 0.200. The zero-order chi connectivity index (χ0) is 28.8. The summed E-state index contributed by atoms with van der Waals surface area (Å²) in [5, 5.41) is 32.6. The Bertz CT molecular complexity index is 498. The van der Waals surface area contributed by atoms with Crippen molar-refractivity contribution in [3.8, 4) is 0 Å². The van der Waals surface area contributed by atoms with Gasteiger partial charge in [0.15, 0.2) is 0 Å². The van der Waals surface area contributed by atoms with Crippen molar-refractivity contribution < 1.29 is 70.5 Å². The van der Waals surface area contributed by atoms with Gasteiger partial charge < -0.3 is 29.7 Å². The third-order valence-electron chi connectivity index (χ3n) is 8.39. The number of carboxylic acids is 3. The SMILES string of the molecule is CCCCC(CC)(CC)C(=O)[O-].CCCCC(CC)(CC)C(=O)[O-].CCCCC(CC)(CC)C(=O)[O-].[Nd+3]. The Kier molecular flexibility index (Phi) is 29.3. The Hall–Kier alpha value is -0.239. The van der Waals surface area contributed by atoms with Gasteiger partial charge in [-0.1, -0.05) is 101 Å². The summed E-state index contributed by atoms with van der Waals surface area (Å²) in [5.74, 6) is -2.62. The first-order valence-electron chi connectivity index (χ1n) is 14.5. The van der Waals surface area contributed by atoms with Gasteiger partial charge in [0.2, 0.25) is 0 Å². The second-order valence-corrected chi connectivity index (χ2v) is 10.1. The van der Waals surface area contributed by atoms with Gasteiger partial charge >= 0.3 is 40.8 Å². The number of aliphatic carboxylic acids is 3. The molecule has 0 aliphatic carbocycles. The molecule has 0 rings (SSSR count). The summed E-state index contributed by atoms with van der Waals surface area (Å²) in [6.45, 7) is 17.8. The van der Waals surface area contributed by atoms with Gasteiger partial charge in [0.1, 0.15) is 0 Å². The number of hydrogen-bond acceptors (Lipinski definition) is 6. The van der Waals surface area contributed by atoms with Gasteiger partial charge in [0.05, 0.1) is 0 Å². The van der Waals surface area contributed by atoms with Crippen molar-refractivity contribution in [1.82, 2.24) is 0 Å². The maximum Gasteiger partial charge on any atom is 3.00 e. The summed E-state index contributed by atoms with van der Waals surface area (Å²) >= 11 is 0. The van der Waals surface area contributed by atoms with Crippen molar-refractivity contribution in [2.24, 2.45) is 16.2 Å². The van der Waals surface area contributed by atoms with E-state index in [0.29, 0.717) is 38.5 Å². The molecule has 37 heavy (non-hydrogen) atoms. The summed E-state index contributed by atoms with van der Waals surface area (Å²) < 4.78 is 0. The van der Waals surface area contributed by atoms with Gasteiger partial charge in [-0.3, -0.25) is 0 Å². The van der Waals surface area contributed by atoms with Gasteiger partial charge in [-0.25, -0.2) is 0 Å². The number of hydrogen-bond donors (Lipinski definition) is 0. The zero-order valence-electron chi connectivity index (χ0n) is 25.6. The normalized spacial score (nSPS) is 11.3. The molecule has 0 saturated heterocycles. The van der Waals surface area contributed by atoms with E-state index < -0.39 is 34.2 Å². The molecule has 0 atom stereocenters. The van der Waals surface area contributed by atoms with E-state index in [2.05, 4.69) is 20.8 Å². The minimum Gasteiger partial charge on any atom is -0.550 e. The van der Waals surface area contributed by atoms with Gasteiger partial charge in [0.25, 0.3) is 0 Å². The molecule has 0 aromatic carbocycles. The molecular formula is C30H57NdO6. The van der Waals surface area contributed by atoms with Crippen molar-refractivity contribution in [2.45, 2.75) is 159 Å². The van der Waals surface area contributed by atoms with Crippen LogP contribution in [0.25, 0.3) is 0 Å². The molecule has 6 nitrogen and oxygen atoms in total. The molecule has 0 aromatic heterocycles. The first-order chi connectivity index (χ1) is 16.9. The summed E-state index contributed by atoms with van der Waals surface area (Å²) in [4.78, 5) is 32.6. The maximum absolute atomic E-state index is 10.9. The average molecular weight is 658 g/mol. The van der Waals surface area contributed by atoms with Crippen LogP contribution in [0.1, 0.15) is 159 Å². The van der Waals surface area contributed by atoms with E-state index in [1.165, 1.54) is 0 Å². The van der Waals surface area contributed by atoms with Crippen LogP contribution in [0.2, 0.25) is 0 Å². The monoisotopic (exact) mass is 655 g/mol. The van der Waals surface area contributed by atoms with E-state index >= 15 is 0 Å². The fourth-order valence-corrected chi connectivity index (χ4v) is 4.53. The number of carbonyl (C=O) groups excluding carboxylic acids is 3. The molecule has 0 N–H and O–H groups in total. The fraction of sp³-hybridized carbons (Fsp3) is 0.900. The molecule has 0 amide bonds. The van der Waals surface area contributed by atoms with Crippen molar-refractivity contribution in [1.29, 1.82) is 0 Å². The van der Waals surface area contributed by atoms with Crippen LogP contribution >= 0.6 is 0 Å². The van der Waals surface area contributed by atoms with Crippen molar-refractivity contribution in [3.63, 3.8) is 0 Å². The second kappa shape index (κ2) is 24.8. The third-order valence-corrected chi connectivity index (χ3v) is 8.39. The van der Waals surface area contributed by atoms with Crippen molar-refractivity contribution in [2.75, 3.05) is 0 Å². The molecular weight excluding hydrogens is 601 g/mol. The third kappa shape index (κ3) is 15.8. The van der Waals surface area contributed by atoms with Crippen LogP contribution in [0.4, 0.5) is 0 Å². The van der Waals surface area contributed by atoms with E-state index in [4.69, 9.17) is 0 Å². The molecule has 0 fully saturated rings. The molecule has 0 spiro atoms. The number of rotatable bonds is 18. The van der Waals surface area contributed by atoms with Crippen LogP contribution in [0.5, 0.6) is 0 Å². The molecule has 0 aromatic rings. The fourth-order valence-electron chi connectivity index (χ4n) is 4.53. The Morgan fingerprint density at radius 2 is 0.595 bits per heavy atom. The van der Waals surface area contributed by atoms with E-state index in [-0.39, 0.29) is 40.8 Å². The van der Waals surface area contributed by atoms with Crippen LogP contribution in [-0.2, 0) is 14.4 Å². The van der Waals surface area contributed by atoms with E-state index in [9.17, 15) is 29.7 Å². The summed E-state index contributed by atoms with van der Waals surface area (Å²) in [6, 6.07) is 0. The smallest absolute Gasteiger partial charge is 0.550 e. The minimum absolute atomic E-state index is 0. The Balaban J connectivity index is -0.000000218. The predicted molar refractivity (Wildman–Crippen MR) is 143 cm³/mol. The number of carbonyl (C=O) groups is 3. The number of carboxylic acid groups (broad SMARTS) is 3. The molecule has 0 aliphatic heterocycles. The van der Waals surface area contributed by atoms with E-state index in [1.54, 1.807) is 0 Å². The Morgan fingerprint density at radius 1 is 0.432 bits per heavy atom. The number of unbranched alkanes of at least 4 members (excludes halogenated alkanes) is 3. The first-order valence-corrected chi connectivity index (χ1v) is 14.5. The molecule has 0 aliphatic rings. The summed E-state index contributed by atoms with van der Waals surface area (Å²) in [7, 11) is 0. The average Bonchev–Trinajstić information content (AvgIpc) is 2.87. The molecule has 7 heteroatoms. The summed E-state index contributed by atoms with van der Waals surface area (Å²) in [6.07, 6.45) is 12.5. The second-order valence-electron chi connectivity index (χ2n) is 10.1. The van der Waals surface area contributed by atoms with Crippen LogP contribution in [0, 0.1) is 57.1 Å². The van der Waals surface area contributed by atoms with Gasteiger partial charge in [-0.2, -0.15) is 0 Å². The standard InChI is InChI=1S/3C10H20O2.Nd/c3*1-4-7-8-10(5-2,6-3)9(11)12;/h3*4-8H2,1-3H3,(H,11,12);/q;;;+3/p-3. The van der Waals surface area contributed by atoms with Crippen molar-refractivity contribution in [3.05, 3.63) is 0 Å². The van der Waals surface area contributed by atoms with Crippen LogP contribution in [-0.4, -0.2) is 17.9 Å². The van der Waals surface area contributed by atoms with E-state index in [0.717, 1.165) is 57.8 Å². The van der Waals surface area contributed by atoms with Crippen LogP contribution < -0.4 is 15.3 Å². The maximum atomic E-state index is 10.9. The van der Waals surface area contributed by atoms with Crippen LogP contribution in [0.3, 0.4) is 0 Å². The van der Waals surface area contributed by atoms with E-state index in [1.807, 2.05) is 41.5 Å².